The molecule has 62 valence electrons. The van der Waals surface area contributed by atoms with E-state index in [2.05, 4.69) is 35.2 Å². The van der Waals surface area contributed by atoms with E-state index in [1.165, 1.54) is 12.1 Å². The second-order valence-electron chi connectivity index (χ2n) is 2.25. The molecule has 0 N–H and O–H groups in total. The minimum atomic E-state index is 0. The monoisotopic (exact) mass is 235 g/mol. The first-order valence-corrected chi connectivity index (χ1v) is 4.21. The van der Waals surface area contributed by atoms with Crippen molar-refractivity contribution < 1.29 is 16.0 Å². The Kier molecular flexibility index (Phi) is 5.51. The number of pyridine rings is 1. The van der Waals surface area contributed by atoms with Crippen LogP contribution in [0.25, 0.3) is 0 Å². The van der Waals surface area contributed by atoms with Gasteiger partial charge in [0.25, 0.3) is 0 Å². The van der Waals surface area contributed by atoms with Gasteiger partial charge in [0.15, 0.2) is 11.9 Å². The molecule has 0 aromatic carbocycles. The fourth-order valence-electron chi connectivity index (χ4n) is 0.905. The highest BCUT2D eigenvalue weighted by Crippen LogP contribution is 1.96. The Bertz CT molecular complexity index is 215. The van der Waals surface area contributed by atoms with Gasteiger partial charge in [-0.1, -0.05) is 13.0 Å². The normalized spacial score (nSPS) is 8.91. The van der Waals surface area contributed by atoms with E-state index in [0.717, 1.165) is 6.42 Å². The number of nitrogens with zero attached hydrogens (tertiary/aromatic N) is 1. The molecular formula is C8H11BrClN. The molecule has 1 nitrogen and oxygen atoms in total. The molecule has 11 heavy (non-hydrogen) atoms. The summed E-state index contributed by atoms with van der Waals surface area (Å²) in [5.41, 5.74) is 1.32. The average molecular weight is 237 g/mol. The second kappa shape index (κ2) is 5.56. The van der Waals surface area contributed by atoms with Gasteiger partial charge in [-0.05, 0) is 6.42 Å². The predicted octanol–water partition coefficient (Wildman–Crippen LogP) is -0.911. The molecule has 0 unspecified atom stereocenters. The molecule has 1 aromatic heterocycles. The third-order valence-corrected chi connectivity index (χ3v) is 2.09. The molecule has 0 aliphatic rings. The molecule has 0 saturated heterocycles. The van der Waals surface area contributed by atoms with E-state index in [0.29, 0.717) is 0 Å². The smallest absolute Gasteiger partial charge is 0.331 e. The van der Waals surface area contributed by atoms with Crippen LogP contribution in [0.5, 0.6) is 0 Å². The Hall–Kier alpha value is -0.0800. The lowest BCUT2D eigenvalue weighted by atomic mass is 10.2. The summed E-state index contributed by atoms with van der Waals surface area (Å²) >= 11 is 3.41. The summed E-state index contributed by atoms with van der Waals surface area (Å²) in [5.74, 6) is 0. The summed E-state index contributed by atoms with van der Waals surface area (Å²) in [7, 11) is 0. The minimum Gasteiger partial charge on any atom is -1.00 e. The van der Waals surface area contributed by atoms with Crippen LogP contribution in [-0.2, 0) is 6.42 Å². The predicted molar refractivity (Wildman–Crippen MR) is 45.0 cm³/mol. The molecule has 0 aliphatic carbocycles. The molecule has 0 spiro atoms. The van der Waals surface area contributed by atoms with E-state index in [1.807, 2.05) is 15.9 Å². The Morgan fingerprint density at radius 3 is 2.73 bits per heavy atom. The maximum atomic E-state index is 3.41. The van der Waals surface area contributed by atoms with Crippen LogP contribution >= 0.6 is 16.1 Å². The van der Waals surface area contributed by atoms with Gasteiger partial charge in [-0.25, -0.2) is 0 Å². The molecule has 3 heteroatoms. The highest BCUT2D eigenvalue weighted by Gasteiger charge is 2.03. The van der Waals surface area contributed by atoms with Gasteiger partial charge in [-0.2, -0.15) is 0 Å². The standard InChI is InChI=1S/C8H11BrN.ClH/c1-2-5-8-6-3-4-7-10(8)9;/h3-4,6-7H,2,5H2,1H3;1H/q+1;/p-1. The third kappa shape index (κ3) is 3.21. The van der Waals surface area contributed by atoms with Crippen LogP contribution in [0.3, 0.4) is 0 Å². The van der Waals surface area contributed by atoms with E-state index in [4.69, 9.17) is 0 Å². The van der Waals surface area contributed by atoms with Crippen LogP contribution in [0.4, 0.5) is 0 Å². The van der Waals surface area contributed by atoms with Crippen LogP contribution < -0.4 is 16.0 Å². The third-order valence-electron chi connectivity index (χ3n) is 1.40. The molecule has 0 aliphatic heterocycles. The fourth-order valence-corrected chi connectivity index (χ4v) is 1.34. The molecule has 1 rings (SSSR count). The number of hydrogen-bond donors (Lipinski definition) is 0. The van der Waals surface area contributed by atoms with Gasteiger partial charge in [-0.3, -0.25) is 0 Å². The number of aryl methyl sites for hydroxylation is 1. The van der Waals surface area contributed by atoms with Crippen LogP contribution in [0.1, 0.15) is 19.0 Å². The molecule has 0 fully saturated rings. The van der Waals surface area contributed by atoms with Crippen molar-refractivity contribution in [3.05, 3.63) is 30.1 Å². The first-order valence-electron chi connectivity index (χ1n) is 3.50. The Labute approximate surface area is 82.2 Å². The van der Waals surface area contributed by atoms with Gasteiger partial charge in [0, 0.05) is 18.6 Å². The molecule has 1 aromatic rings. The Balaban J connectivity index is 0.000001000. The Morgan fingerprint density at radius 2 is 2.18 bits per heavy atom. The zero-order valence-corrected chi connectivity index (χ0v) is 8.77. The highest BCUT2D eigenvalue weighted by molar-refractivity contribution is 9.04. The van der Waals surface area contributed by atoms with Crippen LogP contribution in [0, 0.1) is 0 Å². The van der Waals surface area contributed by atoms with E-state index >= 15 is 0 Å². The van der Waals surface area contributed by atoms with E-state index in [-0.39, 0.29) is 12.4 Å². The second-order valence-corrected chi connectivity index (χ2v) is 3.02. The number of hydrogen-bond acceptors (Lipinski definition) is 0. The zero-order valence-electron chi connectivity index (χ0n) is 6.43. The van der Waals surface area contributed by atoms with Gasteiger partial charge in [0.05, 0.1) is 0 Å². The first kappa shape index (κ1) is 10.9. The lowest BCUT2D eigenvalue weighted by Crippen LogP contribution is -3.00. The molecule has 1 heterocycles. The average Bonchev–Trinajstić information content (AvgIpc) is 1.94. The first-order chi connectivity index (χ1) is 4.84. The van der Waals surface area contributed by atoms with Gasteiger partial charge < -0.3 is 12.4 Å². The molecule has 0 saturated carbocycles. The zero-order chi connectivity index (χ0) is 7.40. The molecular weight excluding hydrogens is 225 g/mol. The minimum absolute atomic E-state index is 0. The maximum Gasteiger partial charge on any atom is 0.331 e. The van der Waals surface area contributed by atoms with Crippen molar-refractivity contribution in [2.24, 2.45) is 0 Å². The van der Waals surface area contributed by atoms with Crippen molar-refractivity contribution in [3.8, 4) is 0 Å². The van der Waals surface area contributed by atoms with Gasteiger partial charge >= 0.3 is 16.1 Å². The molecule has 0 amide bonds. The van der Waals surface area contributed by atoms with Crippen LogP contribution in [-0.4, -0.2) is 0 Å². The van der Waals surface area contributed by atoms with Crippen molar-refractivity contribution in [2.75, 3.05) is 0 Å². The summed E-state index contributed by atoms with van der Waals surface area (Å²) in [6.07, 6.45) is 4.33. The maximum absolute atomic E-state index is 3.41. The largest absolute Gasteiger partial charge is 1.00 e. The summed E-state index contributed by atoms with van der Waals surface area (Å²) in [5, 5.41) is 0. The van der Waals surface area contributed by atoms with Gasteiger partial charge in [0.1, 0.15) is 0 Å². The summed E-state index contributed by atoms with van der Waals surface area (Å²) in [6, 6.07) is 6.19. The summed E-state index contributed by atoms with van der Waals surface area (Å²) < 4.78 is 1.98. The number of rotatable bonds is 2. The quantitative estimate of drug-likeness (QED) is 0.626. The van der Waals surface area contributed by atoms with Gasteiger partial charge in [-0.15, -0.1) is 3.59 Å². The van der Waals surface area contributed by atoms with Crippen molar-refractivity contribution in [1.29, 1.82) is 0 Å². The lowest BCUT2D eigenvalue weighted by Gasteiger charge is -1.91. The van der Waals surface area contributed by atoms with E-state index < -0.39 is 0 Å². The van der Waals surface area contributed by atoms with Crippen molar-refractivity contribution >= 4 is 16.1 Å². The molecule has 0 bridgehead atoms. The highest BCUT2D eigenvalue weighted by atomic mass is 79.9. The lowest BCUT2D eigenvalue weighted by molar-refractivity contribution is -0.484. The number of aromatic nitrogens is 1. The topological polar surface area (TPSA) is 3.88 Å². The van der Waals surface area contributed by atoms with Crippen LogP contribution in [0.2, 0.25) is 0 Å². The van der Waals surface area contributed by atoms with Crippen molar-refractivity contribution in [3.63, 3.8) is 0 Å². The summed E-state index contributed by atoms with van der Waals surface area (Å²) in [4.78, 5) is 0. The fraction of sp³-hybridized carbons (Fsp3) is 0.375. The van der Waals surface area contributed by atoms with Crippen molar-refractivity contribution in [2.45, 2.75) is 19.8 Å². The molecule has 0 atom stereocenters. The van der Waals surface area contributed by atoms with Gasteiger partial charge in [0.2, 0.25) is 0 Å². The number of halogens is 2. The van der Waals surface area contributed by atoms with Crippen LogP contribution in [0.15, 0.2) is 24.4 Å². The van der Waals surface area contributed by atoms with E-state index in [1.54, 1.807) is 0 Å². The summed E-state index contributed by atoms with van der Waals surface area (Å²) in [6.45, 7) is 2.18. The molecule has 0 radical (unpaired) electrons. The van der Waals surface area contributed by atoms with E-state index in [9.17, 15) is 0 Å². The van der Waals surface area contributed by atoms with Crippen molar-refractivity contribution in [1.82, 2.24) is 0 Å². The SMILES string of the molecule is CCCc1cccc[n+]1Br.[Cl-]. The Morgan fingerprint density at radius 1 is 1.45 bits per heavy atom.